The van der Waals surface area contributed by atoms with Crippen molar-refractivity contribution in [2.24, 2.45) is 0 Å². The van der Waals surface area contributed by atoms with Crippen LogP contribution >= 0.6 is 0 Å². The van der Waals surface area contributed by atoms with Gasteiger partial charge in [-0.15, -0.1) is 0 Å². The number of nitrogens with zero attached hydrogens (tertiary/aromatic N) is 1. The SMILES string of the molecule is O=C1C=CC(=O)N1c1ccc(C(O)O)cc1. The summed E-state index contributed by atoms with van der Waals surface area (Å²) in [5, 5.41) is 17.8. The predicted octanol–water partition coefficient (Wildman–Crippen LogP) is 0.0992. The standard InChI is InChI=1S/C11H9NO4/c13-9-5-6-10(14)12(9)8-3-1-7(2-4-8)11(15)16/h1-6,11,15-16H. The summed E-state index contributed by atoms with van der Waals surface area (Å²) in [6.45, 7) is 0. The maximum atomic E-state index is 11.3. The molecule has 5 heteroatoms. The highest BCUT2D eigenvalue weighted by Gasteiger charge is 2.24. The second-order valence-corrected chi connectivity index (χ2v) is 3.31. The van der Waals surface area contributed by atoms with Crippen LogP contribution in [0.25, 0.3) is 0 Å². The number of carbonyl (C=O) groups is 2. The van der Waals surface area contributed by atoms with E-state index < -0.39 is 18.1 Å². The second kappa shape index (κ2) is 3.88. The van der Waals surface area contributed by atoms with Crippen molar-refractivity contribution in [3.05, 3.63) is 42.0 Å². The lowest BCUT2D eigenvalue weighted by molar-refractivity contribution is -0.119. The van der Waals surface area contributed by atoms with Crippen molar-refractivity contribution >= 4 is 17.5 Å². The molecule has 0 saturated heterocycles. The minimum Gasteiger partial charge on any atom is -0.364 e. The van der Waals surface area contributed by atoms with Crippen LogP contribution in [-0.4, -0.2) is 22.0 Å². The zero-order valence-corrected chi connectivity index (χ0v) is 8.20. The second-order valence-electron chi connectivity index (χ2n) is 3.31. The molecule has 0 aliphatic carbocycles. The summed E-state index contributed by atoms with van der Waals surface area (Å²) in [5.41, 5.74) is 0.709. The van der Waals surface area contributed by atoms with E-state index in [1.54, 1.807) is 0 Å². The number of imide groups is 1. The molecule has 1 aliphatic rings. The molecule has 5 nitrogen and oxygen atoms in total. The van der Waals surface area contributed by atoms with Crippen molar-refractivity contribution in [3.8, 4) is 0 Å². The minimum atomic E-state index is -1.56. The number of amides is 2. The van der Waals surface area contributed by atoms with E-state index in [2.05, 4.69) is 0 Å². The molecule has 16 heavy (non-hydrogen) atoms. The van der Waals surface area contributed by atoms with E-state index in [-0.39, 0.29) is 0 Å². The fourth-order valence-electron chi connectivity index (χ4n) is 1.45. The van der Waals surface area contributed by atoms with E-state index in [4.69, 9.17) is 10.2 Å². The molecule has 1 aromatic rings. The van der Waals surface area contributed by atoms with E-state index in [9.17, 15) is 9.59 Å². The van der Waals surface area contributed by atoms with Gasteiger partial charge in [-0.05, 0) is 12.1 Å². The summed E-state index contributed by atoms with van der Waals surface area (Å²) in [6, 6.07) is 5.85. The molecule has 82 valence electrons. The fraction of sp³-hybridized carbons (Fsp3) is 0.0909. The Bertz CT molecular complexity index is 443. The van der Waals surface area contributed by atoms with Gasteiger partial charge in [-0.1, -0.05) is 12.1 Å². The van der Waals surface area contributed by atoms with Crippen molar-refractivity contribution in [2.45, 2.75) is 6.29 Å². The van der Waals surface area contributed by atoms with Crippen LogP contribution in [0.15, 0.2) is 36.4 Å². The van der Waals surface area contributed by atoms with Gasteiger partial charge in [-0.25, -0.2) is 4.90 Å². The number of aliphatic hydroxyl groups excluding tert-OH is 1. The first-order chi connectivity index (χ1) is 7.59. The third kappa shape index (κ3) is 1.73. The Morgan fingerprint density at radius 2 is 1.44 bits per heavy atom. The van der Waals surface area contributed by atoms with Crippen molar-refractivity contribution in [1.82, 2.24) is 0 Å². The molecule has 1 aromatic carbocycles. The third-order valence-electron chi connectivity index (χ3n) is 2.26. The largest absolute Gasteiger partial charge is 0.364 e. The average molecular weight is 219 g/mol. The number of aliphatic hydroxyl groups is 2. The molecule has 0 aromatic heterocycles. The molecule has 0 unspecified atom stereocenters. The summed E-state index contributed by atoms with van der Waals surface area (Å²) in [6.07, 6.45) is 0.825. The van der Waals surface area contributed by atoms with Crippen molar-refractivity contribution in [1.29, 1.82) is 0 Å². The van der Waals surface area contributed by atoms with Crippen LogP contribution < -0.4 is 4.90 Å². The van der Waals surface area contributed by atoms with Crippen LogP contribution in [0.2, 0.25) is 0 Å². The first-order valence-electron chi connectivity index (χ1n) is 4.62. The number of hydrogen-bond donors (Lipinski definition) is 2. The Balaban J connectivity index is 2.29. The third-order valence-corrected chi connectivity index (χ3v) is 2.26. The van der Waals surface area contributed by atoms with Crippen LogP contribution in [0, 0.1) is 0 Å². The lowest BCUT2D eigenvalue weighted by Gasteiger charge is -2.14. The van der Waals surface area contributed by atoms with Gasteiger partial charge in [0, 0.05) is 17.7 Å². The van der Waals surface area contributed by atoms with Gasteiger partial charge >= 0.3 is 0 Å². The molecule has 2 rings (SSSR count). The minimum absolute atomic E-state index is 0.302. The molecule has 0 spiro atoms. The van der Waals surface area contributed by atoms with E-state index >= 15 is 0 Å². The quantitative estimate of drug-likeness (QED) is 0.546. The Morgan fingerprint density at radius 1 is 0.938 bits per heavy atom. The van der Waals surface area contributed by atoms with Crippen LogP contribution in [0.5, 0.6) is 0 Å². The molecule has 0 fully saturated rings. The number of rotatable bonds is 2. The normalized spacial score (nSPS) is 15.3. The number of hydrogen-bond acceptors (Lipinski definition) is 4. The van der Waals surface area contributed by atoms with Crippen LogP contribution in [0.4, 0.5) is 5.69 Å². The van der Waals surface area contributed by atoms with Gasteiger partial charge in [0.2, 0.25) is 0 Å². The Hall–Kier alpha value is -1.98. The van der Waals surface area contributed by atoms with Gasteiger partial charge in [-0.2, -0.15) is 0 Å². The zero-order valence-electron chi connectivity index (χ0n) is 8.20. The Labute approximate surface area is 91.2 Å². The maximum absolute atomic E-state index is 11.3. The first-order valence-corrected chi connectivity index (χ1v) is 4.62. The molecule has 0 bridgehead atoms. The average Bonchev–Trinajstić information content (AvgIpc) is 2.59. The number of benzene rings is 1. The van der Waals surface area contributed by atoms with Crippen LogP contribution in [0.1, 0.15) is 11.9 Å². The molecule has 1 aliphatic heterocycles. The lowest BCUT2D eigenvalue weighted by atomic mass is 10.2. The highest BCUT2D eigenvalue weighted by Crippen LogP contribution is 2.21. The molecule has 0 atom stereocenters. The summed E-state index contributed by atoms with van der Waals surface area (Å²) < 4.78 is 0. The topological polar surface area (TPSA) is 77.8 Å². The predicted molar refractivity (Wildman–Crippen MR) is 55.3 cm³/mol. The summed E-state index contributed by atoms with van der Waals surface area (Å²) in [7, 11) is 0. The van der Waals surface area contributed by atoms with Crippen LogP contribution in [-0.2, 0) is 9.59 Å². The van der Waals surface area contributed by atoms with E-state index in [1.807, 2.05) is 0 Å². The molecular formula is C11H9NO4. The summed E-state index contributed by atoms with van der Waals surface area (Å²) in [5.74, 6) is -0.801. The van der Waals surface area contributed by atoms with Gasteiger partial charge < -0.3 is 10.2 Å². The number of carbonyl (C=O) groups excluding carboxylic acids is 2. The van der Waals surface area contributed by atoms with Crippen molar-refractivity contribution in [3.63, 3.8) is 0 Å². The molecular weight excluding hydrogens is 210 g/mol. The first kappa shape index (κ1) is 10.5. The zero-order chi connectivity index (χ0) is 11.7. The Kier molecular flexibility index (Phi) is 2.55. The highest BCUT2D eigenvalue weighted by atomic mass is 16.5. The van der Waals surface area contributed by atoms with E-state index in [0.29, 0.717) is 11.3 Å². The van der Waals surface area contributed by atoms with Crippen molar-refractivity contribution < 1.29 is 19.8 Å². The van der Waals surface area contributed by atoms with Gasteiger partial charge in [0.25, 0.3) is 11.8 Å². The molecule has 2 N–H and O–H groups in total. The van der Waals surface area contributed by atoms with Crippen molar-refractivity contribution in [2.75, 3.05) is 4.90 Å². The van der Waals surface area contributed by atoms with Gasteiger partial charge in [0.05, 0.1) is 5.69 Å². The number of anilines is 1. The monoisotopic (exact) mass is 219 g/mol. The summed E-state index contributed by atoms with van der Waals surface area (Å²) in [4.78, 5) is 23.7. The van der Waals surface area contributed by atoms with Gasteiger partial charge in [-0.3, -0.25) is 9.59 Å². The van der Waals surface area contributed by atoms with Crippen LogP contribution in [0.3, 0.4) is 0 Å². The fourth-order valence-corrected chi connectivity index (χ4v) is 1.45. The summed E-state index contributed by atoms with van der Waals surface area (Å²) >= 11 is 0. The lowest BCUT2D eigenvalue weighted by Crippen LogP contribution is -2.29. The molecule has 0 saturated carbocycles. The van der Waals surface area contributed by atoms with E-state index in [1.165, 1.54) is 36.4 Å². The molecule has 1 heterocycles. The molecule has 2 amide bonds. The molecule has 0 radical (unpaired) electrons. The van der Waals surface area contributed by atoms with E-state index in [0.717, 1.165) is 4.90 Å². The smallest absolute Gasteiger partial charge is 0.258 e. The Morgan fingerprint density at radius 3 is 1.88 bits per heavy atom. The van der Waals surface area contributed by atoms with Gasteiger partial charge in [0.1, 0.15) is 0 Å². The van der Waals surface area contributed by atoms with Gasteiger partial charge in [0.15, 0.2) is 6.29 Å². The highest BCUT2D eigenvalue weighted by molar-refractivity contribution is 6.28. The maximum Gasteiger partial charge on any atom is 0.258 e.